The van der Waals surface area contributed by atoms with Crippen LogP contribution in [0.1, 0.15) is 0 Å². The van der Waals surface area contributed by atoms with E-state index >= 15 is 0 Å². The Morgan fingerprint density at radius 1 is 0.971 bits per heavy atom. The van der Waals surface area contributed by atoms with E-state index in [-0.39, 0.29) is 0 Å². The number of fused-ring (bicyclic) bond motifs is 1. The summed E-state index contributed by atoms with van der Waals surface area (Å²) >= 11 is 0. The number of aromatic nitrogens is 3. The molecular weight excluding hydrogens is 446 g/mol. The number of hydrogen-bond acceptors (Lipinski definition) is 8. The van der Waals surface area contributed by atoms with Gasteiger partial charge in [-0.05, 0) is 42.5 Å². The van der Waals surface area contributed by atoms with Gasteiger partial charge in [-0.1, -0.05) is 0 Å². The predicted molar refractivity (Wildman–Crippen MR) is 134 cm³/mol. The van der Waals surface area contributed by atoms with Gasteiger partial charge in [-0.25, -0.2) is 9.97 Å². The van der Waals surface area contributed by atoms with E-state index in [0.29, 0.717) is 24.1 Å². The maximum absolute atomic E-state index is 6.03. The van der Waals surface area contributed by atoms with Crippen molar-refractivity contribution >= 4 is 17.3 Å². The van der Waals surface area contributed by atoms with E-state index < -0.39 is 0 Å². The quantitative estimate of drug-likeness (QED) is 0.391. The van der Waals surface area contributed by atoms with Crippen molar-refractivity contribution in [1.82, 2.24) is 19.3 Å². The van der Waals surface area contributed by atoms with E-state index in [4.69, 9.17) is 23.9 Å². The van der Waals surface area contributed by atoms with Crippen molar-refractivity contribution in [3.63, 3.8) is 0 Å². The lowest BCUT2D eigenvalue weighted by Crippen LogP contribution is -2.38. The van der Waals surface area contributed by atoms with Crippen molar-refractivity contribution in [3.8, 4) is 28.5 Å². The van der Waals surface area contributed by atoms with Crippen LogP contribution in [0.2, 0.25) is 0 Å². The van der Waals surface area contributed by atoms with Gasteiger partial charge in [0.2, 0.25) is 5.95 Å². The predicted octanol–water partition coefficient (Wildman–Crippen LogP) is 3.87. The van der Waals surface area contributed by atoms with Crippen LogP contribution in [0, 0.1) is 0 Å². The summed E-state index contributed by atoms with van der Waals surface area (Å²) in [5.74, 6) is 2.83. The molecule has 1 fully saturated rings. The van der Waals surface area contributed by atoms with Gasteiger partial charge in [0, 0.05) is 49.3 Å². The number of imidazole rings is 1. The molecular formula is C26H29N5O4. The Balaban J connectivity index is 1.37. The topological polar surface area (TPSA) is 82.4 Å². The largest absolute Gasteiger partial charge is 0.497 e. The number of hydrogen-bond donors (Lipinski definition) is 1. The number of ether oxygens (including phenoxy) is 4. The first kappa shape index (κ1) is 22.9. The van der Waals surface area contributed by atoms with Crippen molar-refractivity contribution in [3.05, 3.63) is 60.9 Å². The summed E-state index contributed by atoms with van der Waals surface area (Å²) in [6.45, 7) is 4.88. The molecule has 3 heterocycles. The zero-order valence-corrected chi connectivity index (χ0v) is 19.9. The van der Waals surface area contributed by atoms with Gasteiger partial charge in [-0.3, -0.25) is 9.30 Å². The van der Waals surface area contributed by atoms with Crippen molar-refractivity contribution in [2.75, 3.05) is 59.0 Å². The fraction of sp³-hybridized carbons (Fsp3) is 0.308. The van der Waals surface area contributed by atoms with Gasteiger partial charge in [0.15, 0.2) is 11.5 Å². The Kier molecular flexibility index (Phi) is 6.97. The van der Waals surface area contributed by atoms with Crippen LogP contribution in [-0.4, -0.2) is 72.9 Å². The zero-order valence-electron chi connectivity index (χ0n) is 19.9. The molecule has 1 N–H and O–H groups in total. The molecule has 1 aliphatic rings. The number of nitrogens with one attached hydrogen (secondary N) is 1. The van der Waals surface area contributed by atoms with Crippen LogP contribution in [-0.2, 0) is 4.74 Å². The summed E-state index contributed by atoms with van der Waals surface area (Å²) in [4.78, 5) is 11.7. The van der Waals surface area contributed by atoms with Crippen LogP contribution >= 0.6 is 0 Å². The highest BCUT2D eigenvalue weighted by atomic mass is 16.5. The lowest BCUT2D eigenvalue weighted by molar-refractivity contribution is 0.0321. The molecule has 2 aromatic heterocycles. The Morgan fingerprint density at radius 3 is 2.57 bits per heavy atom. The Hall–Kier alpha value is -3.82. The van der Waals surface area contributed by atoms with Crippen molar-refractivity contribution in [2.24, 2.45) is 0 Å². The highest BCUT2D eigenvalue weighted by Crippen LogP contribution is 2.33. The van der Waals surface area contributed by atoms with E-state index in [1.54, 1.807) is 20.4 Å². The van der Waals surface area contributed by atoms with E-state index in [9.17, 15) is 0 Å². The number of morpholine rings is 1. The average molecular weight is 476 g/mol. The van der Waals surface area contributed by atoms with Crippen LogP contribution < -0.4 is 19.5 Å². The highest BCUT2D eigenvalue weighted by molar-refractivity contribution is 5.70. The second-order valence-electron chi connectivity index (χ2n) is 8.14. The summed E-state index contributed by atoms with van der Waals surface area (Å²) in [5.41, 5.74) is 3.37. The van der Waals surface area contributed by atoms with E-state index in [2.05, 4.69) is 15.2 Å². The minimum atomic E-state index is 0.587. The van der Waals surface area contributed by atoms with Crippen LogP contribution in [0.3, 0.4) is 0 Å². The number of nitrogens with zero attached hydrogens (tertiary/aromatic N) is 4. The minimum absolute atomic E-state index is 0.587. The van der Waals surface area contributed by atoms with Crippen molar-refractivity contribution in [1.29, 1.82) is 0 Å². The van der Waals surface area contributed by atoms with Crippen molar-refractivity contribution < 1.29 is 18.9 Å². The Bertz CT molecular complexity index is 1270. The smallest absolute Gasteiger partial charge is 0.213 e. The Labute approximate surface area is 204 Å². The third-order valence-corrected chi connectivity index (χ3v) is 5.96. The molecule has 0 unspecified atom stereocenters. The summed E-state index contributed by atoms with van der Waals surface area (Å²) in [6.07, 6.45) is 3.63. The summed E-state index contributed by atoms with van der Waals surface area (Å²) < 4.78 is 24.2. The van der Waals surface area contributed by atoms with E-state index in [1.165, 1.54) is 0 Å². The first-order chi connectivity index (χ1) is 17.2. The van der Waals surface area contributed by atoms with Gasteiger partial charge in [0.1, 0.15) is 18.0 Å². The van der Waals surface area contributed by atoms with Crippen LogP contribution in [0.15, 0.2) is 60.9 Å². The second kappa shape index (κ2) is 10.6. The molecule has 0 spiro atoms. The average Bonchev–Trinajstić information content (AvgIpc) is 3.39. The molecule has 0 bridgehead atoms. The molecule has 1 aliphatic heterocycles. The molecule has 0 atom stereocenters. The molecule has 182 valence electrons. The molecule has 0 aliphatic carbocycles. The first-order valence-corrected chi connectivity index (χ1v) is 11.6. The van der Waals surface area contributed by atoms with Crippen molar-refractivity contribution in [2.45, 2.75) is 0 Å². The number of anilines is 2. The minimum Gasteiger partial charge on any atom is -0.497 e. The first-order valence-electron chi connectivity index (χ1n) is 11.6. The van der Waals surface area contributed by atoms with E-state index in [1.807, 2.05) is 59.1 Å². The SMILES string of the molecule is COc1ccc(Nc2nc(-c3ccc(OCCN4CCOCC4)c(OC)c3)cc3nccn23)cc1. The fourth-order valence-electron chi connectivity index (χ4n) is 4.02. The standard InChI is InChI=1S/C26H29N5O4/c1-32-21-6-4-20(5-7-21)28-26-29-22(18-25-27-9-10-31(25)26)19-3-8-23(24(17-19)33-2)35-16-13-30-11-14-34-15-12-30/h3-10,17-18H,11-16H2,1-2H3,(H,28,29). The second-order valence-corrected chi connectivity index (χ2v) is 8.14. The molecule has 9 nitrogen and oxygen atoms in total. The highest BCUT2D eigenvalue weighted by Gasteiger charge is 2.14. The zero-order chi connectivity index (χ0) is 24.0. The third kappa shape index (κ3) is 5.31. The lowest BCUT2D eigenvalue weighted by Gasteiger charge is -2.26. The third-order valence-electron chi connectivity index (χ3n) is 5.96. The summed E-state index contributed by atoms with van der Waals surface area (Å²) in [5, 5.41) is 3.38. The molecule has 0 amide bonds. The van der Waals surface area contributed by atoms with Gasteiger partial charge >= 0.3 is 0 Å². The Morgan fingerprint density at radius 2 is 1.80 bits per heavy atom. The van der Waals surface area contributed by atoms with Gasteiger partial charge in [0.25, 0.3) is 0 Å². The monoisotopic (exact) mass is 475 g/mol. The molecule has 0 radical (unpaired) electrons. The van der Waals surface area contributed by atoms with Crippen LogP contribution in [0.4, 0.5) is 11.6 Å². The molecule has 5 rings (SSSR count). The van der Waals surface area contributed by atoms with Gasteiger partial charge in [-0.2, -0.15) is 0 Å². The fourth-order valence-corrected chi connectivity index (χ4v) is 4.02. The molecule has 1 saturated heterocycles. The van der Waals surface area contributed by atoms with Gasteiger partial charge in [0.05, 0.1) is 33.1 Å². The van der Waals surface area contributed by atoms with Gasteiger partial charge < -0.3 is 24.3 Å². The molecule has 2 aromatic carbocycles. The molecule has 9 heteroatoms. The summed E-state index contributed by atoms with van der Waals surface area (Å²) in [6, 6.07) is 15.5. The molecule has 4 aromatic rings. The number of rotatable bonds is 9. The molecule has 35 heavy (non-hydrogen) atoms. The molecule has 0 saturated carbocycles. The van der Waals surface area contributed by atoms with Crippen LogP contribution in [0.5, 0.6) is 17.2 Å². The normalized spacial score (nSPS) is 14.1. The lowest BCUT2D eigenvalue weighted by atomic mass is 10.1. The number of methoxy groups -OCH3 is 2. The van der Waals surface area contributed by atoms with Gasteiger partial charge in [-0.15, -0.1) is 0 Å². The maximum Gasteiger partial charge on any atom is 0.213 e. The summed E-state index contributed by atoms with van der Waals surface area (Å²) in [7, 11) is 3.30. The van der Waals surface area contributed by atoms with E-state index in [0.717, 1.165) is 61.2 Å². The maximum atomic E-state index is 6.03. The van der Waals surface area contributed by atoms with Crippen LogP contribution in [0.25, 0.3) is 16.9 Å². The number of benzene rings is 2.